The van der Waals surface area contributed by atoms with Crippen LogP contribution in [0.2, 0.25) is 0 Å². The Morgan fingerprint density at radius 2 is 1.93 bits per heavy atom. The molecule has 1 atom stereocenters. The normalized spacial score (nSPS) is 16.8. The van der Waals surface area contributed by atoms with Crippen LogP contribution >= 0.6 is 22.6 Å². The third-order valence-corrected chi connectivity index (χ3v) is 5.51. The quantitative estimate of drug-likeness (QED) is 0.553. The largest absolute Gasteiger partial charge is 0.354 e. The van der Waals surface area contributed by atoms with E-state index in [4.69, 9.17) is 0 Å². The van der Waals surface area contributed by atoms with Crippen molar-refractivity contribution in [3.63, 3.8) is 0 Å². The van der Waals surface area contributed by atoms with Crippen LogP contribution in [0.1, 0.15) is 18.4 Å². The minimum absolute atomic E-state index is 0.0469. The van der Waals surface area contributed by atoms with Gasteiger partial charge in [-0.3, -0.25) is 4.79 Å². The van der Waals surface area contributed by atoms with Crippen molar-refractivity contribution in [1.29, 1.82) is 0 Å². The Labute approximate surface area is 176 Å². The van der Waals surface area contributed by atoms with E-state index >= 15 is 0 Å². The maximum Gasteiger partial charge on any atom is 0.225 e. The van der Waals surface area contributed by atoms with Gasteiger partial charge in [-0.05, 0) is 65.3 Å². The minimum atomic E-state index is -0.0469. The molecular formula is C19H20IN7O. The molecule has 8 nitrogen and oxygen atoms in total. The molecule has 28 heavy (non-hydrogen) atoms. The van der Waals surface area contributed by atoms with Gasteiger partial charge in [0.2, 0.25) is 5.91 Å². The zero-order valence-corrected chi connectivity index (χ0v) is 17.4. The number of hydrogen-bond acceptors (Lipinski definition) is 6. The number of halogens is 1. The molecule has 1 unspecified atom stereocenters. The molecule has 1 aromatic carbocycles. The van der Waals surface area contributed by atoms with Crippen molar-refractivity contribution in [2.75, 3.05) is 18.0 Å². The van der Waals surface area contributed by atoms with Gasteiger partial charge >= 0.3 is 0 Å². The number of nitrogens with zero attached hydrogens (tertiary/aromatic N) is 6. The Hall–Kier alpha value is -2.56. The molecule has 4 rings (SSSR count). The average Bonchev–Trinajstić information content (AvgIpc) is 3.28. The van der Waals surface area contributed by atoms with Gasteiger partial charge in [-0.1, -0.05) is 12.1 Å². The first-order valence-corrected chi connectivity index (χ1v) is 10.2. The van der Waals surface area contributed by atoms with Gasteiger partial charge in [-0.25, -0.2) is 9.67 Å². The topological polar surface area (TPSA) is 88.8 Å². The van der Waals surface area contributed by atoms with Gasteiger partial charge in [0.25, 0.3) is 0 Å². The van der Waals surface area contributed by atoms with E-state index in [1.54, 1.807) is 11.0 Å². The van der Waals surface area contributed by atoms with Crippen LogP contribution in [-0.4, -0.2) is 44.0 Å². The number of amides is 1. The maximum absolute atomic E-state index is 12.6. The SMILES string of the molecule is O=C(NCc1ccc(I)cc1)C1CCCN(c2ccc(-n3cncn3)nn2)C1. The first-order chi connectivity index (χ1) is 13.7. The van der Waals surface area contributed by atoms with E-state index in [2.05, 4.69) is 53.1 Å². The molecule has 0 aliphatic carbocycles. The van der Waals surface area contributed by atoms with Gasteiger partial charge in [-0.2, -0.15) is 5.10 Å². The third-order valence-electron chi connectivity index (χ3n) is 4.79. The lowest BCUT2D eigenvalue weighted by Gasteiger charge is -2.32. The number of rotatable bonds is 5. The van der Waals surface area contributed by atoms with E-state index in [-0.39, 0.29) is 11.8 Å². The van der Waals surface area contributed by atoms with Crippen LogP contribution in [0.15, 0.2) is 49.1 Å². The summed E-state index contributed by atoms with van der Waals surface area (Å²) in [4.78, 5) is 18.7. The lowest BCUT2D eigenvalue weighted by molar-refractivity contribution is -0.125. The lowest BCUT2D eigenvalue weighted by Crippen LogP contribution is -2.43. The number of hydrogen-bond donors (Lipinski definition) is 1. The summed E-state index contributed by atoms with van der Waals surface area (Å²) in [5.74, 6) is 1.44. The predicted molar refractivity (Wildman–Crippen MR) is 113 cm³/mol. The lowest BCUT2D eigenvalue weighted by atomic mass is 9.97. The Morgan fingerprint density at radius 3 is 2.64 bits per heavy atom. The van der Waals surface area contributed by atoms with Crippen LogP contribution in [-0.2, 0) is 11.3 Å². The summed E-state index contributed by atoms with van der Waals surface area (Å²) in [5.41, 5.74) is 1.11. The molecule has 0 radical (unpaired) electrons. The number of carbonyl (C=O) groups is 1. The second-order valence-corrected chi connectivity index (χ2v) is 7.96. The fraction of sp³-hybridized carbons (Fsp3) is 0.316. The third kappa shape index (κ3) is 4.46. The van der Waals surface area contributed by atoms with Crippen molar-refractivity contribution in [1.82, 2.24) is 30.3 Å². The average molecular weight is 489 g/mol. The van der Waals surface area contributed by atoms with Crippen LogP contribution in [0.25, 0.3) is 5.82 Å². The van der Waals surface area contributed by atoms with Gasteiger partial charge in [-0.15, -0.1) is 10.2 Å². The molecule has 3 aromatic rings. The molecule has 144 valence electrons. The zero-order chi connectivity index (χ0) is 19.3. The summed E-state index contributed by atoms with van der Waals surface area (Å²) in [5, 5.41) is 15.6. The minimum Gasteiger partial charge on any atom is -0.354 e. The summed E-state index contributed by atoms with van der Waals surface area (Å²) < 4.78 is 2.75. The Morgan fingerprint density at radius 1 is 1.14 bits per heavy atom. The number of carbonyl (C=O) groups excluding carboxylic acids is 1. The maximum atomic E-state index is 12.6. The molecule has 0 saturated carbocycles. The second-order valence-electron chi connectivity index (χ2n) is 6.72. The fourth-order valence-corrected chi connectivity index (χ4v) is 3.63. The molecule has 1 amide bonds. The highest BCUT2D eigenvalue weighted by Gasteiger charge is 2.26. The van der Waals surface area contributed by atoms with Crippen LogP contribution in [0, 0.1) is 9.49 Å². The molecule has 1 fully saturated rings. The van der Waals surface area contributed by atoms with Gasteiger partial charge in [0.1, 0.15) is 12.7 Å². The Bertz CT molecular complexity index is 912. The number of benzene rings is 1. The van der Waals surface area contributed by atoms with E-state index in [9.17, 15) is 4.79 Å². The summed E-state index contributed by atoms with van der Waals surface area (Å²) >= 11 is 2.27. The predicted octanol–water partition coefficient (Wildman–Crippen LogP) is 2.19. The van der Waals surface area contributed by atoms with E-state index in [1.807, 2.05) is 36.4 Å². The highest BCUT2D eigenvalue weighted by atomic mass is 127. The monoisotopic (exact) mass is 489 g/mol. The summed E-state index contributed by atoms with van der Waals surface area (Å²) in [6, 6.07) is 12.0. The number of nitrogens with one attached hydrogen (secondary N) is 1. The van der Waals surface area contributed by atoms with Gasteiger partial charge in [0, 0.05) is 23.2 Å². The number of anilines is 1. The molecule has 9 heteroatoms. The van der Waals surface area contributed by atoms with Crippen LogP contribution in [0.5, 0.6) is 0 Å². The molecular weight excluding hydrogens is 469 g/mol. The van der Waals surface area contributed by atoms with Gasteiger partial charge < -0.3 is 10.2 Å². The molecule has 2 aromatic heterocycles. The first-order valence-electron chi connectivity index (χ1n) is 9.15. The number of piperidine rings is 1. The van der Waals surface area contributed by atoms with Gasteiger partial charge in [0.15, 0.2) is 11.6 Å². The highest BCUT2D eigenvalue weighted by Crippen LogP contribution is 2.22. The van der Waals surface area contributed by atoms with E-state index in [0.29, 0.717) is 18.9 Å². The number of aromatic nitrogens is 5. The van der Waals surface area contributed by atoms with Crippen molar-refractivity contribution >= 4 is 34.3 Å². The van der Waals surface area contributed by atoms with E-state index in [1.165, 1.54) is 9.90 Å². The molecule has 1 saturated heterocycles. The van der Waals surface area contributed by atoms with Crippen LogP contribution < -0.4 is 10.2 Å². The Balaban J connectivity index is 1.35. The van der Waals surface area contributed by atoms with Crippen LogP contribution in [0.4, 0.5) is 5.82 Å². The van der Waals surface area contributed by atoms with Gasteiger partial charge in [0.05, 0.1) is 5.92 Å². The summed E-state index contributed by atoms with van der Waals surface area (Å²) in [7, 11) is 0. The first kappa shape index (κ1) is 18.8. The molecule has 3 heterocycles. The summed E-state index contributed by atoms with van der Waals surface area (Å²) in [6.45, 7) is 2.08. The zero-order valence-electron chi connectivity index (χ0n) is 15.2. The second kappa shape index (κ2) is 8.63. The molecule has 1 aliphatic heterocycles. The van der Waals surface area contributed by atoms with Crippen molar-refractivity contribution in [2.24, 2.45) is 5.92 Å². The van der Waals surface area contributed by atoms with Crippen molar-refractivity contribution in [2.45, 2.75) is 19.4 Å². The van der Waals surface area contributed by atoms with Crippen molar-refractivity contribution < 1.29 is 4.79 Å². The summed E-state index contributed by atoms with van der Waals surface area (Å²) in [6.07, 6.45) is 4.88. The standard InChI is InChI=1S/C19H20IN7O/c20-16-5-3-14(4-6-16)10-22-19(28)15-2-1-9-26(11-15)17-7-8-18(25-24-17)27-13-21-12-23-27/h3-8,12-13,15H,1-2,9-11H2,(H,22,28). The molecule has 1 aliphatic rings. The molecule has 0 bridgehead atoms. The smallest absolute Gasteiger partial charge is 0.225 e. The highest BCUT2D eigenvalue weighted by molar-refractivity contribution is 14.1. The fourth-order valence-electron chi connectivity index (χ4n) is 3.27. The van der Waals surface area contributed by atoms with Crippen LogP contribution in [0.3, 0.4) is 0 Å². The molecule has 0 spiro atoms. The van der Waals surface area contributed by atoms with E-state index in [0.717, 1.165) is 30.8 Å². The Kier molecular flexibility index (Phi) is 5.79. The van der Waals surface area contributed by atoms with Crippen molar-refractivity contribution in [3.05, 3.63) is 58.2 Å². The molecule has 1 N–H and O–H groups in total. The van der Waals surface area contributed by atoms with Crippen molar-refractivity contribution in [3.8, 4) is 5.82 Å². The van der Waals surface area contributed by atoms with E-state index < -0.39 is 0 Å².